The van der Waals surface area contributed by atoms with Gasteiger partial charge in [-0.15, -0.1) is 0 Å². The van der Waals surface area contributed by atoms with Gasteiger partial charge in [0.15, 0.2) is 0 Å². The third-order valence-corrected chi connectivity index (χ3v) is 4.34. The van der Waals surface area contributed by atoms with E-state index in [1.165, 1.54) is 6.07 Å². The predicted octanol–water partition coefficient (Wildman–Crippen LogP) is 2.22. The van der Waals surface area contributed by atoms with Crippen LogP contribution < -0.4 is 4.74 Å². The molecule has 3 rings (SSSR count). The Labute approximate surface area is 120 Å². The van der Waals surface area contributed by atoms with E-state index in [-0.39, 0.29) is 18.0 Å². The molecule has 0 N–H and O–H groups in total. The minimum Gasteiger partial charge on any atom is -0.488 e. The molecule has 2 aliphatic rings. The van der Waals surface area contributed by atoms with E-state index in [0.29, 0.717) is 0 Å². The molecule has 0 aromatic heterocycles. The normalized spacial score (nSPS) is 27.1. The largest absolute Gasteiger partial charge is 0.488 e. The van der Waals surface area contributed by atoms with Crippen LogP contribution in [0.5, 0.6) is 5.75 Å². The molecule has 0 amide bonds. The molecule has 0 aliphatic carbocycles. The Morgan fingerprint density at radius 2 is 2.26 bits per heavy atom. The van der Waals surface area contributed by atoms with Gasteiger partial charge in [0, 0.05) is 36.9 Å². The van der Waals surface area contributed by atoms with Gasteiger partial charge in [0.25, 0.3) is 0 Å². The van der Waals surface area contributed by atoms with Gasteiger partial charge in [-0.2, -0.15) is 0 Å². The molecule has 2 atom stereocenters. The highest BCUT2D eigenvalue weighted by molar-refractivity contribution is 9.09. The Bertz CT molecular complexity index is 457. The summed E-state index contributed by atoms with van der Waals surface area (Å²) in [7, 11) is 0. The van der Waals surface area contributed by atoms with Gasteiger partial charge in [0.2, 0.25) is 0 Å². The molecule has 0 spiro atoms. The van der Waals surface area contributed by atoms with E-state index in [9.17, 15) is 4.39 Å². The minimum atomic E-state index is -0.186. The van der Waals surface area contributed by atoms with E-state index in [0.717, 1.165) is 49.3 Å². The summed E-state index contributed by atoms with van der Waals surface area (Å²) in [5.41, 5.74) is 0.982. The summed E-state index contributed by atoms with van der Waals surface area (Å²) < 4.78 is 24.7. The van der Waals surface area contributed by atoms with Gasteiger partial charge in [0.05, 0.1) is 12.7 Å². The number of ether oxygens (including phenoxy) is 2. The van der Waals surface area contributed by atoms with Crippen molar-refractivity contribution in [1.82, 2.24) is 4.90 Å². The van der Waals surface area contributed by atoms with E-state index in [4.69, 9.17) is 9.47 Å². The molecule has 3 nitrogen and oxygen atoms in total. The third-order valence-electron chi connectivity index (χ3n) is 3.62. The van der Waals surface area contributed by atoms with Crippen LogP contribution >= 0.6 is 15.9 Å². The Hall–Kier alpha value is -0.650. The summed E-state index contributed by atoms with van der Waals surface area (Å²) in [6, 6.07) is 4.76. The molecule has 5 heteroatoms. The van der Waals surface area contributed by atoms with Crippen molar-refractivity contribution in [1.29, 1.82) is 0 Å². The summed E-state index contributed by atoms with van der Waals surface area (Å²) in [5, 5.41) is 0.862. The molecule has 1 aromatic rings. The van der Waals surface area contributed by atoms with Crippen molar-refractivity contribution in [2.24, 2.45) is 0 Å². The van der Waals surface area contributed by atoms with Crippen LogP contribution in [0.15, 0.2) is 18.2 Å². The van der Waals surface area contributed by atoms with Crippen LogP contribution in [0.2, 0.25) is 0 Å². The molecule has 2 aliphatic heterocycles. The second-order valence-corrected chi connectivity index (χ2v) is 5.75. The van der Waals surface area contributed by atoms with Crippen LogP contribution in [0.3, 0.4) is 0 Å². The van der Waals surface area contributed by atoms with E-state index in [1.54, 1.807) is 12.1 Å². The van der Waals surface area contributed by atoms with Crippen molar-refractivity contribution >= 4 is 15.9 Å². The van der Waals surface area contributed by atoms with Crippen LogP contribution in [0, 0.1) is 5.82 Å². The first-order valence-corrected chi connectivity index (χ1v) is 7.72. The molecule has 104 valence electrons. The number of hydrogen-bond donors (Lipinski definition) is 0. The van der Waals surface area contributed by atoms with Gasteiger partial charge in [0.1, 0.15) is 17.7 Å². The average Bonchev–Trinajstić information content (AvgIpc) is 2.80. The molecule has 1 saturated heterocycles. The molecule has 2 heterocycles. The van der Waals surface area contributed by atoms with E-state index < -0.39 is 0 Å². The Kier molecular flexibility index (Phi) is 4.05. The molecule has 2 unspecified atom stereocenters. The predicted molar refractivity (Wildman–Crippen MR) is 74.5 cm³/mol. The fourth-order valence-electron chi connectivity index (χ4n) is 2.72. The van der Waals surface area contributed by atoms with Gasteiger partial charge in [-0.25, -0.2) is 4.39 Å². The number of hydrogen-bond acceptors (Lipinski definition) is 3. The second-order valence-electron chi connectivity index (χ2n) is 5.10. The second kappa shape index (κ2) is 5.77. The van der Waals surface area contributed by atoms with Crippen molar-refractivity contribution in [3.8, 4) is 5.75 Å². The summed E-state index contributed by atoms with van der Waals surface area (Å²) >= 11 is 3.46. The summed E-state index contributed by atoms with van der Waals surface area (Å²) in [4.78, 5) is 2.36. The molecule has 1 aromatic carbocycles. The van der Waals surface area contributed by atoms with Gasteiger partial charge < -0.3 is 9.47 Å². The highest BCUT2D eigenvalue weighted by atomic mass is 79.9. The first kappa shape index (κ1) is 13.3. The fourth-order valence-corrected chi connectivity index (χ4v) is 3.11. The molecule has 19 heavy (non-hydrogen) atoms. The van der Waals surface area contributed by atoms with Crippen LogP contribution in [-0.2, 0) is 11.2 Å². The van der Waals surface area contributed by atoms with E-state index >= 15 is 0 Å². The lowest BCUT2D eigenvalue weighted by atomic mass is 10.1. The monoisotopic (exact) mass is 329 g/mol. The number of fused-ring (bicyclic) bond motifs is 1. The highest BCUT2D eigenvalue weighted by Gasteiger charge is 2.27. The van der Waals surface area contributed by atoms with Crippen molar-refractivity contribution in [3.05, 3.63) is 29.6 Å². The Balaban J connectivity index is 1.58. The van der Waals surface area contributed by atoms with Crippen molar-refractivity contribution in [3.63, 3.8) is 0 Å². The lowest BCUT2D eigenvalue weighted by molar-refractivity contribution is -0.0246. The average molecular weight is 330 g/mol. The van der Waals surface area contributed by atoms with Gasteiger partial charge in [-0.1, -0.05) is 15.9 Å². The van der Waals surface area contributed by atoms with Crippen LogP contribution in [-0.4, -0.2) is 48.7 Å². The lowest BCUT2D eigenvalue weighted by Gasteiger charge is -2.33. The number of morpholine rings is 1. The number of rotatable bonds is 3. The summed E-state index contributed by atoms with van der Waals surface area (Å²) in [6.07, 6.45) is 1.18. The standard InChI is InChI=1S/C14H17BrFNO2/c15-7-13-9-17(3-4-18-13)8-12-6-10-5-11(16)1-2-14(10)19-12/h1-2,5,12-13H,3-4,6-9H2. The molecule has 0 saturated carbocycles. The highest BCUT2D eigenvalue weighted by Crippen LogP contribution is 2.29. The number of alkyl halides is 1. The van der Waals surface area contributed by atoms with Crippen molar-refractivity contribution < 1.29 is 13.9 Å². The summed E-state index contributed by atoms with van der Waals surface area (Å²) in [5.74, 6) is 0.644. The maximum absolute atomic E-state index is 13.2. The molecule has 0 radical (unpaired) electrons. The van der Waals surface area contributed by atoms with Gasteiger partial charge >= 0.3 is 0 Å². The lowest BCUT2D eigenvalue weighted by Crippen LogP contribution is -2.46. The fraction of sp³-hybridized carbons (Fsp3) is 0.571. The van der Waals surface area contributed by atoms with Crippen molar-refractivity contribution in [2.75, 3.05) is 31.6 Å². The van der Waals surface area contributed by atoms with Crippen LogP contribution in [0.4, 0.5) is 4.39 Å². The van der Waals surface area contributed by atoms with Gasteiger partial charge in [-0.05, 0) is 18.2 Å². The van der Waals surface area contributed by atoms with E-state index in [2.05, 4.69) is 20.8 Å². The zero-order valence-electron chi connectivity index (χ0n) is 10.6. The third kappa shape index (κ3) is 3.09. The Morgan fingerprint density at radius 3 is 3.11 bits per heavy atom. The topological polar surface area (TPSA) is 21.7 Å². The maximum atomic E-state index is 13.2. The first-order valence-electron chi connectivity index (χ1n) is 6.59. The zero-order valence-corrected chi connectivity index (χ0v) is 12.2. The zero-order chi connectivity index (χ0) is 13.2. The number of nitrogens with zero attached hydrogens (tertiary/aromatic N) is 1. The SMILES string of the molecule is Fc1ccc2c(c1)CC(CN1CCOC(CBr)C1)O2. The van der Waals surface area contributed by atoms with Gasteiger partial charge in [-0.3, -0.25) is 4.90 Å². The van der Waals surface area contributed by atoms with Crippen LogP contribution in [0.25, 0.3) is 0 Å². The Morgan fingerprint density at radius 1 is 1.37 bits per heavy atom. The van der Waals surface area contributed by atoms with Crippen molar-refractivity contribution in [2.45, 2.75) is 18.6 Å². The number of halogens is 2. The molecule has 1 fully saturated rings. The van der Waals surface area contributed by atoms with Crippen LogP contribution in [0.1, 0.15) is 5.56 Å². The molecular formula is C14H17BrFNO2. The van der Waals surface area contributed by atoms with E-state index in [1.807, 2.05) is 0 Å². The smallest absolute Gasteiger partial charge is 0.123 e. The first-order chi connectivity index (χ1) is 9.24. The molecular weight excluding hydrogens is 313 g/mol. The maximum Gasteiger partial charge on any atom is 0.123 e. The summed E-state index contributed by atoms with van der Waals surface area (Å²) in [6.45, 7) is 3.51. The quantitative estimate of drug-likeness (QED) is 0.794. The minimum absolute atomic E-state index is 0.130. The molecule has 0 bridgehead atoms. The number of benzene rings is 1.